The lowest BCUT2D eigenvalue weighted by Gasteiger charge is -2.06. The van der Waals surface area contributed by atoms with Crippen LogP contribution in [0.3, 0.4) is 0 Å². The zero-order chi connectivity index (χ0) is 15.6. The molecule has 0 amide bonds. The molecule has 0 saturated carbocycles. The molecule has 0 aliphatic rings. The maximum atomic E-state index is 11.9. The SMILES string of the molecule is O=C(O)c1cc(S(=O)(=O)NCCSC(F)(F)F)c(Br)o1. The van der Waals surface area contributed by atoms with Crippen molar-refractivity contribution in [1.29, 1.82) is 0 Å². The molecule has 114 valence electrons. The van der Waals surface area contributed by atoms with Crippen LogP contribution in [0.4, 0.5) is 13.2 Å². The van der Waals surface area contributed by atoms with Gasteiger partial charge in [-0.25, -0.2) is 17.9 Å². The van der Waals surface area contributed by atoms with Crippen LogP contribution in [0.1, 0.15) is 10.6 Å². The highest BCUT2D eigenvalue weighted by Gasteiger charge is 2.28. The first-order valence-corrected chi connectivity index (χ1v) is 8.02. The Morgan fingerprint density at radius 3 is 2.55 bits per heavy atom. The normalized spacial score (nSPS) is 12.6. The number of carbonyl (C=O) groups is 1. The molecule has 1 rings (SSSR count). The highest BCUT2D eigenvalue weighted by molar-refractivity contribution is 9.10. The fourth-order valence-electron chi connectivity index (χ4n) is 1.06. The van der Waals surface area contributed by atoms with Gasteiger partial charge in [-0.3, -0.25) is 0 Å². The highest BCUT2D eigenvalue weighted by Crippen LogP contribution is 2.30. The number of rotatable bonds is 6. The van der Waals surface area contributed by atoms with E-state index in [0.717, 1.165) is 6.07 Å². The van der Waals surface area contributed by atoms with E-state index < -0.39 is 44.5 Å². The predicted molar refractivity (Wildman–Crippen MR) is 67.1 cm³/mol. The summed E-state index contributed by atoms with van der Waals surface area (Å²) in [6.07, 6.45) is 0. The number of carboxylic acids is 1. The summed E-state index contributed by atoms with van der Waals surface area (Å²) >= 11 is 2.36. The minimum absolute atomic E-state index is 0.342. The molecule has 0 fully saturated rings. The van der Waals surface area contributed by atoms with Crippen molar-refractivity contribution >= 4 is 43.7 Å². The minimum atomic E-state index is -4.45. The largest absolute Gasteiger partial charge is 0.475 e. The molecule has 0 atom stereocenters. The molecule has 0 spiro atoms. The van der Waals surface area contributed by atoms with Crippen molar-refractivity contribution in [3.8, 4) is 0 Å². The van der Waals surface area contributed by atoms with Gasteiger partial charge < -0.3 is 9.52 Å². The molecule has 0 aromatic carbocycles. The van der Waals surface area contributed by atoms with Crippen LogP contribution in [-0.2, 0) is 10.0 Å². The first-order valence-electron chi connectivity index (χ1n) is 4.76. The molecule has 12 heteroatoms. The maximum Gasteiger partial charge on any atom is 0.441 e. The lowest BCUT2D eigenvalue weighted by atomic mass is 10.5. The van der Waals surface area contributed by atoms with Crippen molar-refractivity contribution in [2.45, 2.75) is 10.4 Å². The Balaban J connectivity index is 2.72. The molecule has 20 heavy (non-hydrogen) atoms. The number of nitrogens with one attached hydrogen (secondary N) is 1. The average molecular weight is 398 g/mol. The second-order valence-corrected chi connectivity index (χ2v) is 6.86. The van der Waals surface area contributed by atoms with Crippen LogP contribution in [0.5, 0.6) is 0 Å². The average Bonchev–Trinajstić information content (AvgIpc) is 2.66. The summed E-state index contributed by atoms with van der Waals surface area (Å²) in [4.78, 5) is 10.1. The van der Waals surface area contributed by atoms with Crippen molar-refractivity contribution in [1.82, 2.24) is 4.72 Å². The van der Waals surface area contributed by atoms with E-state index >= 15 is 0 Å². The predicted octanol–water partition coefficient (Wildman–Crippen LogP) is 2.27. The summed E-state index contributed by atoms with van der Waals surface area (Å²) in [6.45, 7) is -0.466. The van der Waals surface area contributed by atoms with E-state index in [4.69, 9.17) is 5.11 Å². The molecule has 0 aliphatic carbocycles. The third kappa shape index (κ3) is 5.00. The number of carboxylic acid groups (broad SMARTS) is 1. The van der Waals surface area contributed by atoms with E-state index in [-0.39, 0.29) is 16.4 Å². The van der Waals surface area contributed by atoms with Crippen LogP contribution >= 0.6 is 27.7 Å². The molecular formula is C8H7BrF3NO5S2. The van der Waals surface area contributed by atoms with Gasteiger partial charge in [-0.1, -0.05) is 0 Å². The molecule has 1 aromatic heterocycles. The summed E-state index contributed by atoms with van der Waals surface area (Å²) in [6, 6.07) is 0.756. The van der Waals surface area contributed by atoms with Gasteiger partial charge in [0.1, 0.15) is 4.90 Å². The zero-order valence-electron chi connectivity index (χ0n) is 9.40. The lowest BCUT2D eigenvalue weighted by Crippen LogP contribution is -2.26. The third-order valence-corrected chi connectivity index (χ3v) is 4.87. The van der Waals surface area contributed by atoms with Gasteiger partial charge in [0.15, 0.2) is 4.67 Å². The van der Waals surface area contributed by atoms with Gasteiger partial charge in [-0.05, 0) is 27.7 Å². The van der Waals surface area contributed by atoms with Crippen molar-refractivity contribution in [3.63, 3.8) is 0 Å². The molecular weight excluding hydrogens is 391 g/mol. The van der Waals surface area contributed by atoms with Gasteiger partial charge >= 0.3 is 11.5 Å². The number of hydrogen-bond donors (Lipinski definition) is 2. The van der Waals surface area contributed by atoms with Crippen molar-refractivity contribution in [3.05, 3.63) is 16.5 Å². The van der Waals surface area contributed by atoms with Gasteiger partial charge in [0.2, 0.25) is 15.8 Å². The number of hydrogen-bond acceptors (Lipinski definition) is 5. The van der Waals surface area contributed by atoms with Crippen molar-refractivity contribution < 1.29 is 35.9 Å². The second kappa shape index (κ2) is 6.37. The van der Waals surface area contributed by atoms with Crippen LogP contribution < -0.4 is 4.72 Å². The van der Waals surface area contributed by atoms with E-state index in [1.54, 1.807) is 0 Å². The van der Waals surface area contributed by atoms with E-state index in [1.807, 2.05) is 4.72 Å². The highest BCUT2D eigenvalue weighted by atomic mass is 79.9. The van der Waals surface area contributed by atoms with Gasteiger partial charge in [-0.2, -0.15) is 13.2 Å². The number of furan rings is 1. The summed E-state index contributed by atoms with van der Waals surface area (Å²) in [5.74, 6) is -2.59. The first kappa shape index (κ1) is 17.3. The number of alkyl halides is 3. The van der Waals surface area contributed by atoms with Crippen molar-refractivity contribution in [2.75, 3.05) is 12.3 Å². The molecule has 1 aromatic rings. The number of halogens is 4. The molecule has 6 nitrogen and oxygen atoms in total. The van der Waals surface area contributed by atoms with Crippen LogP contribution in [0.15, 0.2) is 20.0 Å². The number of thioether (sulfide) groups is 1. The van der Waals surface area contributed by atoms with Crippen molar-refractivity contribution in [2.24, 2.45) is 0 Å². The molecule has 0 bridgehead atoms. The lowest BCUT2D eigenvalue weighted by molar-refractivity contribution is -0.0327. The molecule has 1 heterocycles. The van der Waals surface area contributed by atoms with Crippen LogP contribution in [0.25, 0.3) is 0 Å². The van der Waals surface area contributed by atoms with Crippen LogP contribution in [-0.4, -0.2) is 37.3 Å². The fourth-order valence-corrected chi connectivity index (χ4v) is 3.60. The summed E-state index contributed by atoms with van der Waals surface area (Å²) < 4.78 is 65.2. The number of sulfonamides is 1. The fraction of sp³-hybridized carbons (Fsp3) is 0.375. The quantitative estimate of drug-likeness (QED) is 0.714. The third-order valence-electron chi connectivity index (χ3n) is 1.82. The molecule has 0 aliphatic heterocycles. The van der Waals surface area contributed by atoms with Gasteiger partial charge in [0.05, 0.1) is 0 Å². The van der Waals surface area contributed by atoms with Gasteiger partial charge in [0, 0.05) is 18.4 Å². The summed E-state index contributed by atoms with van der Waals surface area (Å²) in [7, 11) is -4.16. The van der Waals surface area contributed by atoms with E-state index in [0.29, 0.717) is 0 Å². The van der Waals surface area contributed by atoms with Crippen LogP contribution in [0, 0.1) is 0 Å². The summed E-state index contributed by atoms with van der Waals surface area (Å²) in [5.41, 5.74) is -4.45. The zero-order valence-corrected chi connectivity index (χ0v) is 12.6. The monoisotopic (exact) mass is 397 g/mol. The Kier molecular flexibility index (Phi) is 5.52. The maximum absolute atomic E-state index is 11.9. The molecule has 0 saturated heterocycles. The second-order valence-electron chi connectivity index (χ2n) is 3.25. The topological polar surface area (TPSA) is 96.6 Å². The Labute approximate surface area is 123 Å². The standard InChI is InChI=1S/C8H7BrF3NO5S2/c9-6-5(3-4(18-6)7(14)15)20(16,17)13-1-2-19-8(10,11)12/h3,13H,1-2H2,(H,14,15). The van der Waals surface area contributed by atoms with E-state index in [2.05, 4.69) is 20.3 Å². The molecule has 0 unspecified atom stereocenters. The number of aromatic carboxylic acids is 1. The molecule has 0 radical (unpaired) electrons. The van der Waals surface area contributed by atoms with E-state index in [1.165, 1.54) is 0 Å². The Morgan fingerprint density at radius 2 is 2.10 bits per heavy atom. The van der Waals surface area contributed by atoms with Crippen LogP contribution in [0.2, 0.25) is 0 Å². The van der Waals surface area contributed by atoms with Gasteiger partial charge in [-0.15, -0.1) is 0 Å². The minimum Gasteiger partial charge on any atom is -0.475 e. The Morgan fingerprint density at radius 1 is 1.50 bits per heavy atom. The van der Waals surface area contributed by atoms with E-state index in [9.17, 15) is 26.4 Å². The summed E-state index contributed by atoms with van der Waals surface area (Å²) in [5, 5.41) is 8.63. The van der Waals surface area contributed by atoms with Gasteiger partial charge in [0.25, 0.3) is 0 Å². The molecule has 2 N–H and O–H groups in total. The first-order chi connectivity index (χ1) is 9.03. The smallest absolute Gasteiger partial charge is 0.441 e. The Hall–Kier alpha value is -0.720. The Bertz CT molecular complexity index is 598.